The Labute approximate surface area is 159 Å². The highest BCUT2D eigenvalue weighted by Gasteiger charge is 2.23. The van der Waals surface area contributed by atoms with E-state index in [4.69, 9.17) is 21.5 Å². The largest absolute Gasteiger partial charge is 0.379 e. The van der Waals surface area contributed by atoms with E-state index < -0.39 is 15.9 Å². The molecule has 0 aliphatic carbocycles. The molecule has 1 aromatic rings. The number of carbonyl (C=O) groups is 1. The van der Waals surface area contributed by atoms with Crippen molar-refractivity contribution in [1.82, 2.24) is 10.2 Å². The summed E-state index contributed by atoms with van der Waals surface area (Å²) in [4.78, 5) is 14.7. The van der Waals surface area contributed by atoms with Crippen LogP contribution in [0.15, 0.2) is 23.1 Å². The van der Waals surface area contributed by atoms with Crippen LogP contribution in [0.25, 0.3) is 0 Å². The lowest BCUT2D eigenvalue weighted by atomic mass is 10.0. The Morgan fingerprint density at radius 2 is 2.00 bits per heavy atom. The number of halogens is 1. The third kappa shape index (κ3) is 5.92. The topological polar surface area (TPSA) is 102 Å². The molecule has 0 saturated carbocycles. The molecule has 0 bridgehead atoms. The zero-order valence-electron chi connectivity index (χ0n) is 15.1. The van der Waals surface area contributed by atoms with Crippen molar-refractivity contribution in [1.29, 1.82) is 0 Å². The quantitative estimate of drug-likeness (QED) is 0.717. The summed E-state index contributed by atoms with van der Waals surface area (Å²) in [6.45, 7) is 7.76. The van der Waals surface area contributed by atoms with Gasteiger partial charge in [0.1, 0.15) is 0 Å². The van der Waals surface area contributed by atoms with Gasteiger partial charge in [-0.05, 0) is 30.5 Å². The van der Waals surface area contributed by atoms with Crippen LogP contribution in [0.3, 0.4) is 0 Å². The van der Waals surface area contributed by atoms with Gasteiger partial charge in [-0.1, -0.05) is 25.4 Å². The van der Waals surface area contributed by atoms with Crippen molar-refractivity contribution in [3.63, 3.8) is 0 Å². The Morgan fingerprint density at radius 1 is 1.35 bits per heavy atom. The van der Waals surface area contributed by atoms with Crippen molar-refractivity contribution >= 4 is 27.5 Å². The minimum Gasteiger partial charge on any atom is -0.379 e. The summed E-state index contributed by atoms with van der Waals surface area (Å²) in [5.41, 5.74) is 0.100. The molecule has 3 N–H and O–H groups in total. The number of nitrogens with two attached hydrogens (primary N) is 1. The summed E-state index contributed by atoms with van der Waals surface area (Å²) in [5.74, 6) is 0.0663. The predicted octanol–water partition coefficient (Wildman–Crippen LogP) is 1.46. The Kier molecular flexibility index (Phi) is 7.42. The number of amides is 1. The number of morpholine rings is 1. The second kappa shape index (κ2) is 9.14. The highest BCUT2D eigenvalue weighted by molar-refractivity contribution is 7.89. The first-order valence-electron chi connectivity index (χ1n) is 8.61. The molecule has 1 amide bonds. The van der Waals surface area contributed by atoms with Gasteiger partial charge in [-0.15, -0.1) is 0 Å². The van der Waals surface area contributed by atoms with Crippen LogP contribution in [-0.4, -0.2) is 58.1 Å². The van der Waals surface area contributed by atoms with Crippen molar-refractivity contribution in [2.24, 2.45) is 11.1 Å². The average molecular weight is 404 g/mol. The number of ether oxygens (including phenoxy) is 1. The molecule has 2 rings (SSSR count). The zero-order valence-corrected chi connectivity index (χ0v) is 16.6. The van der Waals surface area contributed by atoms with Crippen LogP contribution in [-0.2, 0) is 14.8 Å². The summed E-state index contributed by atoms with van der Waals surface area (Å²) in [6, 6.07) is 4.04. The van der Waals surface area contributed by atoms with Crippen LogP contribution in [0.4, 0.5) is 0 Å². The van der Waals surface area contributed by atoms with Crippen molar-refractivity contribution in [2.75, 3.05) is 32.8 Å². The first kappa shape index (κ1) is 21.1. The number of hydrogen-bond acceptors (Lipinski definition) is 5. The summed E-state index contributed by atoms with van der Waals surface area (Å²) in [6.07, 6.45) is 0.936. The number of nitrogens with one attached hydrogen (secondary N) is 1. The maximum absolute atomic E-state index is 12.5. The van der Waals surface area contributed by atoms with E-state index in [0.717, 1.165) is 19.5 Å². The van der Waals surface area contributed by atoms with Gasteiger partial charge in [0, 0.05) is 25.7 Å². The van der Waals surface area contributed by atoms with E-state index in [2.05, 4.69) is 24.1 Å². The fraction of sp³-hybridized carbons (Fsp3) is 0.588. The summed E-state index contributed by atoms with van der Waals surface area (Å²) in [5, 5.41) is 8.19. The van der Waals surface area contributed by atoms with E-state index in [0.29, 0.717) is 25.7 Å². The number of hydrogen-bond donors (Lipinski definition) is 2. The first-order valence-corrected chi connectivity index (χ1v) is 10.5. The molecule has 0 spiro atoms. The van der Waals surface area contributed by atoms with Gasteiger partial charge in [-0.3, -0.25) is 9.69 Å². The van der Waals surface area contributed by atoms with Crippen molar-refractivity contribution < 1.29 is 17.9 Å². The Morgan fingerprint density at radius 3 is 2.58 bits per heavy atom. The standard InChI is InChI=1S/C17H26ClN3O4S/c1-12(2)9-13(21-5-7-25-8-6-21)11-20-17(22)15-10-14(26(19,23)24)3-4-16(15)18/h3-4,10,12-13H,5-9,11H2,1-2H3,(H,20,22)(H2,19,23,24)/t13-/m0/s1. The van der Waals surface area contributed by atoms with Crippen LogP contribution in [0.5, 0.6) is 0 Å². The van der Waals surface area contributed by atoms with Crippen LogP contribution in [0.1, 0.15) is 30.6 Å². The zero-order chi connectivity index (χ0) is 19.3. The molecule has 9 heteroatoms. The van der Waals surface area contributed by atoms with Crippen molar-refractivity contribution in [2.45, 2.75) is 31.2 Å². The van der Waals surface area contributed by atoms with E-state index in [1.807, 2.05) is 0 Å². The number of primary sulfonamides is 1. The molecule has 7 nitrogen and oxygen atoms in total. The number of benzene rings is 1. The molecular formula is C17H26ClN3O4S. The van der Waals surface area contributed by atoms with E-state index >= 15 is 0 Å². The molecule has 1 atom stereocenters. The molecule has 0 aromatic heterocycles. The monoisotopic (exact) mass is 403 g/mol. The van der Waals surface area contributed by atoms with Gasteiger partial charge >= 0.3 is 0 Å². The lowest BCUT2D eigenvalue weighted by molar-refractivity contribution is 0.0124. The smallest absolute Gasteiger partial charge is 0.252 e. The third-order valence-corrected chi connectivity index (χ3v) is 5.56. The molecule has 0 radical (unpaired) electrons. The fourth-order valence-corrected chi connectivity index (χ4v) is 3.75. The van der Waals surface area contributed by atoms with Crippen molar-refractivity contribution in [3.8, 4) is 0 Å². The van der Waals surface area contributed by atoms with Crippen LogP contribution in [0.2, 0.25) is 5.02 Å². The summed E-state index contributed by atoms with van der Waals surface area (Å²) in [7, 11) is -3.90. The Bertz CT molecular complexity index is 734. The number of rotatable bonds is 7. The van der Waals surface area contributed by atoms with E-state index in [1.165, 1.54) is 18.2 Å². The van der Waals surface area contributed by atoms with Gasteiger partial charge < -0.3 is 10.1 Å². The molecule has 0 unspecified atom stereocenters. The Balaban J connectivity index is 2.09. The summed E-state index contributed by atoms with van der Waals surface area (Å²) >= 11 is 6.07. The highest BCUT2D eigenvalue weighted by Crippen LogP contribution is 2.20. The molecular weight excluding hydrogens is 378 g/mol. The number of nitrogens with zero attached hydrogens (tertiary/aromatic N) is 1. The summed E-state index contributed by atoms with van der Waals surface area (Å²) < 4.78 is 28.4. The number of carbonyl (C=O) groups excluding carboxylic acids is 1. The van der Waals surface area contributed by atoms with Crippen molar-refractivity contribution in [3.05, 3.63) is 28.8 Å². The van der Waals surface area contributed by atoms with Gasteiger partial charge in [0.2, 0.25) is 10.0 Å². The molecule has 1 saturated heterocycles. The van der Waals surface area contributed by atoms with Gasteiger partial charge in [-0.2, -0.15) is 0 Å². The normalized spacial score (nSPS) is 17.3. The minimum absolute atomic E-state index is 0.100. The van der Waals surface area contributed by atoms with Gasteiger partial charge in [-0.25, -0.2) is 13.6 Å². The maximum Gasteiger partial charge on any atom is 0.252 e. The molecule has 1 heterocycles. The highest BCUT2D eigenvalue weighted by atomic mass is 35.5. The van der Waals surface area contributed by atoms with Crippen LogP contribution < -0.4 is 10.5 Å². The maximum atomic E-state index is 12.5. The molecule has 1 aliphatic heterocycles. The lowest BCUT2D eigenvalue weighted by Gasteiger charge is -2.35. The SMILES string of the molecule is CC(C)C[C@@H](CNC(=O)c1cc(S(N)(=O)=O)ccc1Cl)N1CCOCC1. The minimum atomic E-state index is -3.90. The van der Waals surface area contributed by atoms with Gasteiger partial charge in [0.25, 0.3) is 5.91 Å². The van der Waals surface area contributed by atoms with Gasteiger partial charge in [0.05, 0.1) is 28.7 Å². The van der Waals surface area contributed by atoms with E-state index in [1.54, 1.807) is 0 Å². The van der Waals surface area contributed by atoms with Crippen LogP contribution >= 0.6 is 11.6 Å². The number of sulfonamides is 1. The van der Waals surface area contributed by atoms with Gasteiger partial charge in [0.15, 0.2) is 0 Å². The molecule has 1 aromatic carbocycles. The second-order valence-corrected chi connectivity index (χ2v) is 8.80. The fourth-order valence-electron chi connectivity index (χ4n) is 3.01. The van der Waals surface area contributed by atoms with E-state index in [9.17, 15) is 13.2 Å². The van der Waals surface area contributed by atoms with E-state index in [-0.39, 0.29) is 21.5 Å². The second-order valence-electron chi connectivity index (χ2n) is 6.83. The lowest BCUT2D eigenvalue weighted by Crippen LogP contribution is -2.49. The average Bonchev–Trinajstić information content (AvgIpc) is 2.58. The molecule has 1 aliphatic rings. The molecule has 1 fully saturated rings. The van der Waals surface area contributed by atoms with Crippen LogP contribution in [0, 0.1) is 5.92 Å². The Hall–Kier alpha value is -1.19. The first-order chi connectivity index (χ1) is 12.2. The molecule has 146 valence electrons. The molecule has 26 heavy (non-hydrogen) atoms. The predicted molar refractivity (Wildman–Crippen MR) is 101 cm³/mol. The third-order valence-electron chi connectivity index (χ3n) is 4.31.